The summed E-state index contributed by atoms with van der Waals surface area (Å²) in [6.07, 6.45) is 9.57. The van der Waals surface area contributed by atoms with Crippen molar-refractivity contribution in [1.29, 1.82) is 0 Å². The average Bonchev–Trinajstić information content (AvgIpc) is 2.97. The molecule has 17 heavy (non-hydrogen) atoms. The molecule has 90 valence electrons. The van der Waals surface area contributed by atoms with Gasteiger partial charge in [0.15, 0.2) is 0 Å². The molecule has 3 rings (SSSR count). The van der Waals surface area contributed by atoms with E-state index in [0.717, 1.165) is 16.8 Å². The molecule has 0 spiro atoms. The first-order valence-electron chi connectivity index (χ1n) is 6.00. The van der Waals surface area contributed by atoms with Crippen LogP contribution in [0.1, 0.15) is 19.3 Å². The van der Waals surface area contributed by atoms with Crippen LogP contribution in [0, 0.1) is 0 Å². The van der Waals surface area contributed by atoms with Gasteiger partial charge in [-0.2, -0.15) is 11.8 Å². The average molecular weight is 248 g/mol. The third-order valence-corrected chi connectivity index (χ3v) is 4.63. The van der Waals surface area contributed by atoms with Crippen molar-refractivity contribution < 1.29 is 4.42 Å². The van der Waals surface area contributed by atoms with Crippen LogP contribution < -0.4 is 5.32 Å². The summed E-state index contributed by atoms with van der Waals surface area (Å²) in [5.41, 5.74) is 0.904. The molecule has 4 heteroatoms. The minimum Gasteiger partial charge on any atom is -0.464 e. The van der Waals surface area contributed by atoms with Crippen LogP contribution in [-0.4, -0.2) is 22.5 Å². The van der Waals surface area contributed by atoms with Crippen LogP contribution in [0.15, 0.2) is 29.0 Å². The Balaban J connectivity index is 1.87. The fourth-order valence-electron chi connectivity index (χ4n) is 2.56. The Kier molecular flexibility index (Phi) is 2.97. The zero-order valence-corrected chi connectivity index (χ0v) is 10.7. The minimum absolute atomic E-state index is 0.540. The number of thioether (sulfide) groups is 1. The second-order valence-corrected chi connectivity index (χ2v) is 5.52. The molecule has 2 atom stereocenters. The molecule has 1 fully saturated rings. The Morgan fingerprint density at radius 2 is 2.35 bits per heavy atom. The van der Waals surface area contributed by atoms with Crippen molar-refractivity contribution in [3.8, 4) is 0 Å². The fraction of sp³-hybridized carbons (Fsp3) is 0.462. The van der Waals surface area contributed by atoms with Crippen LogP contribution in [0.5, 0.6) is 0 Å². The largest absolute Gasteiger partial charge is 0.464 e. The van der Waals surface area contributed by atoms with E-state index >= 15 is 0 Å². The summed E-state index contributed by atoms with van der Waals surface area (Å²) < 4.78 is 5.39. The van der Waals surface area contributed by atoms with Crippen molar-refractivity contribution in [3.05, 3.63) is 24.6 Å². The minimum atomic E-state index is 0.540. The third-order valence-electron chi connectivity index (χ3n) is 3.46. The number of hydrogen-bond donors (Lipinski definition) is 1. The molecule has 3 nitrogen and oxygen atoms in total. The van der Waals surface area contributed by atoms with Gasteiger partial charge < -0.3 is 9.73 Å². The summed E-state index contributed by atoms with van der Waals surface area (Å²) in [5.74, 6) is 0.960. The zero-order chi connectivity index (χ0) is 11.7. The molecule has 0 aromatic carbocycles. The van der Waals surface area contributed by atoms with Gasteiger partial charge in [-0.05, 0) is 31.2 Å². The highest BCUT2D eigenvalue weighted by atomic mass is 32.2. The quantitative estimate of drug-likeness (QED) is 0.902. The SMILES string of the molecule is CSC1CCCC1Nc1nccc2occc12. The number of rotatable bonds is 3. The summed E-state index contributed by atoms with van der Waals surface area (Å²) in [5, 5.41) is 5.37. The fourth-order valence-corrected chi connectivity index (χ4v) is 3.49. The van der Waals surface area contributed by atoms with Gasteiger partial charge in [-0.1, -0.05) is 6.42 Å². The van der Waals surface area contributed by atoms with Gasteiger partial charge in [0.05, 0.1) is 11.6 Å². The third kappa shape index (κ3) is 2.02. The summed E-state index contributed by atoms with van der Waals surface area (Å²) >= 11 is 1.95. The van der Waals surface area contributed by atoms with Gasteiger partial charge in [0.2, 0.25) is 0 Å². The van der Waals surface area contributed by atoms with Crippen molar-refractivity contribution in [2.75, 3.05) is 11.6 Å². The lowest BCUT2D eigenvalue weighted by molar-refractivity contribution is 0.615. The van der Waals surface area contributed by atoms with Crippen LogP contribution in [-0.2, 0) is 0 Å². The lowest BCUT2D eigenvalue weighted by Crippen LogP contribution is -2.26. The number of fused-ring (bicyclic) bond motifs is 1. The monoisotopic (exact) mass is 248 g/mol. The standard InChI is InChI=1S/C13H16N2OS/c1-17-12-4-2-3-10(12)15-13-9-6-8-16-11(9)5-7-14-13/h5-8,10,12H,2-4H2,1H3,(H,14,15). The molecule has 1 aliphatic rings. The van der Waals surface area contributed by atoms with E-state index < -0.39 is 0 Å². The molecule has 1 saturated carbocycles. The molecule has 0 amide bonds. The molecule has 0 bridgehead atoms. The summed E-state index contributed by atoms with van der Waals surface area (Å²) in [6, 6.07) is 4.42. The molecule has 1 N–H and O–H groups in total. The number of pyridine rings is 1. The maximum Gasteiger partial charge on any atom is 0.139 e. The van der Waals surface area contributed by atoms with Gasteiger partial charge in [-0.3, -0.25) is 0 Å². The maximum absolute atomic E-state index is 5.39. The van der Waals surface area contributed by atoms with Crippen molar-refractivity contribution in [1.82, 2.24) is 4.98 Å². The molecular weight excluding hydrogens is 232 g/mol. The Bertz CT molecular complexity index is 511. The lowest BCUT2D eigenvalue weighted by Gasteiger charge is -2.19. The first-order valence-corrected chi connectivity index (χ1v) is 7.29. The van der Waals surface area contributed by atoms with E-state index in [-0.39, 0.29) is 0 Å². The van der Waals surface area contributed by atoms with Crippen molar-refractivity contribution in [2.45, 2.75) is 30.6 Å². The molecular formula is C13H16N2OS. The van der Waals surface area contributed by atoms with Gasteiger partial charge in [0, 0.05) is 17.5 Å². The van der Waals surface area contributed by atoms with Crippen LogP contribution in [0.3, 0.4) is 0 Å². The Labute approximate surface area is 105 Å². The number of nitrogens with zero attached hydrogens (tertiary/aromatic N) is 1. The van der Waals surface area contributed by atoms with Crippen molar-refractivity contribution in [2.24, 2.45) is 0 Å². The molecule has 0 saturated heterocycles. The highest BCUT2D eigenvalue weighted by molar-refractivity contribution is 7.99. The normalized spacial score (nSPS) is 24.3. The van der Waals surface area contributed by atoms with Crippen molar-refractivity contribution in [3.63, 3.8) is 0 Å². The smallest absolute Gasteiger partial charge is 0.139 e. The van der Waals surface area contributed by atoms with Crippen LogP contribution >= 0.6 is 11.8 Å². The number of nitrogens with one attached hydrogen (secondary N) is 1. The lowest BCUT2D eigenvalue weighted by atomic mass is 10.2. The predicted molar refractivity (Wildman–Crippen MR) is 72.6 cm³/mol. The number of aromatic nitrogens is 1. The second-order valence-electron chi connectivity index (χ2n) is 4.45. The van der Waals surface area contributed by atoms with Gasteiger partial charge in [0.25, 0.3) is 0 Å². The summed E-state index contributed by atoms with van der Waals surface area (Å²) in [4.78, 5) is 4.43. The van der Waals surface area contributed by atoms with Crippen LogP contribution in [0.25, 0.3) is 11.0 Å². The molecule has 1 aliphatic carbocycles. The Morgan fingerprint density at radius 1 is 1.41 bits per heavy atom. The maximum atomic E-state index is 5.39. The van der Waals surface area contributed by atoms with E-state index in [2.05, 4.69) is 16.6 Å². The van der Waals surface area contributed by atoms with E-state index in [9.17, 15) is 0 Å². The molecule has 2 unspecified atom stereocenters. The van der Waals surface area contributed by atoms with Gasteiger partial charge in [-0.15, -0.1) is 0 Å². The number of furan rings is 1. The first-order chi connectivity index (χ1) is 8.38. The first kappa shape index (κ1) is 11.0. The number of hydrogen-bond acceptors (Lipinski definition) is 4. The van der Waals surface area contributed by atoms with E-state index in [1.807, 2.05) is 23.9 Å². The predicted octanol–water partition coefficient (Wildman–Crippen LogP) is 3.52. The molecule has 2 heterocycles. The van der Waals surface area contributed by atoms with E-state index in [4.69, 9.17) is 4.42 Å². The summed E-state index contributed by atoms with van der Waals surface area (Å²) in [6.45, 7) is 0. The van der Waals surface area contributed by atoms with Gasteiger partial charge >= 0.3 is 0 Å². The summed E-state index contributed by atoms with van der Waals surface area (Å²) in [7, 11) is 0. The van der Waals surface area contributed by atoms with E-state index in [1.165, 1.54) is 19.3 Å². The molecule has 2 aromatic rings. The molecule has 0 aliphatic heterocycles. The Morgan fingerprint density at radius 3 is 3.24 bits per heavy atom. The highest BCUT2D eigenvalue weighted by Gasteiger charge is 2.27. The van der Waals surface area contributed by atoms with Gasteiger partial charge in [0.1, 0.15) is 11.4 Å². The highest BCUT2D eigenvalue weighted by Crippen LogP contribution is 2.32. The van der Waals surface area contributed by atoms with Crippen LogP contribution in [0.4, 0.5) is 5.82 Å². The second kappa shape index (κ2) is 4.61. The van der Waals surface area contributed by atoms with Crippen molar-refractivity contribution >= 4 is 28.5 Å². The number of anilines is 1. The zero-order valence-electron chi connectivity index (χ0n) is 9.85. The van der Waals surface area contributed by atoms with E-state index in [1.54, 1.807) is 12.5 Å². The molecule has 2 aromatic heterocycles. The molecule has 0 radical (unpaired) electrons. The Hall–Kier alpha value is -1.16. The topological polar surface area (TPSA) is 38.1 Å². The van der Waals surface area contributed by atoms with Crippen LogP contribution in [0.2, 0.25) is 0 Å². The van der Waals surface area contributed by atoms with Gasteiger partial charge in [-0.25, -0.2) is 4.98 Å². The van der Waals surface area contributed by atoms with E-state index in [0.29, 0.717) is 11.3 Å².